The van der Waals surface area contributed by atoms with Crippen LogP contribution in [0.5, 0.6) is 5.75 Å². The first kappa shape index (κ1) is 13.7. The van der Waals surface area contributed by atoms with Crippen LogP contribution in [0.15, 0.2) is 48.5 Å². The SMILES string of the molecule is CC(CNc1ccccc1)Oc1cccc(Cl)c1F. The largest absolute Gasteiger partial charge is 0.486 e. The molecule has 0 aliphatic heterocycles. The van der Waals surface area contributed by atoms with Crippen molar-refractivity contribution in [3.8, 4) is 5.75 Å². The van der Waals surface area contributed by atoms with Crippen LogP contribution in [0.1, 0.15) is 6.92 Å². The summed E-state index contributed by atoms with van der Waals surface area (Å²) >= 11 is 5.70. The fourth-order valence-electron chi connectivity index (χ4n) is 1.65. The van der Waals surface area contributed by atoms with Gasteiger partial charge in [-0.25, -0.2) is 4.39 Å². The van der Waals surface area contributed by atoms with E-state index in [-0.39, 0.29) is 16.9 Å². The minimum Gasteiger partial charge on any atom is -0.486 e. The Hall–Kier alpha value is -1.74. The summed E-state index contributed by atoms with van der Waals surface area (Å²) in [7, 11) is 0. The van der Waals surface area contributed by atoms with Gasteiger partial charge in [-0.05, 0) is 31.2 Å². The van der Waals surface area contributed by atoms with Gasteiger partial charge in [-0.2, -0.15) is 0 Å². The van der Waals surface area contributed by atoms with Crippen molar-refractivity contribution in [3.63, 3.8) is 0 Å². The van der Waals surface area contributed by atoms with E-state index in [4.69, 9.17) is 16.3 Å². The summed E-state index contributed by atoms with van der Waals surface area (Å²) in [5.74, 6) is -0.342. The molecule has 2 rings (SSSR count). The molecule has 0 amide bonds. The molecule has 100 valence electrons. The predicted octanol–water partition coefficient (Wildman–Crippen LogP) is 4.36. The van der Waals surface area contributed by atoms with Crippen LogP contribution in [0.25, 0.3) is 0 Å². The van der Waals surface area contributed by atoms with Gasteiger partial charge in [-0.1, -0.05) is 35.9 Å². The highest BCUT2D eigenvalue weighted by atomic mass is 35.5. The van der Waals surface area contributed by atoms with Crippen LogP contribution < -0.4 is 10.1 Å². The van der Waals surface area contributed by atoms with Gasteiger partial charge in [0.05, 0.1) is 11.6 Å². The molecule has 0 fully saturated rings. The Balaban J connectivity index is 1.91. The van der Waals surface area contributed by atoms with Crippen molar-refractivity contribution in [3.05, 3.63) is 59.4 Å². The predicted molar refractivity (Wildman–Crippen MR) is 76.4 cm³/mol. The van der Waals surface area contributed by atoms with Gasteiger partial charge in [-0.15, -0.1) is 0 Å². The summed E-state index contributed by atoms with van der Waals surface area (Å²) in [6.07, 6.45) is -0.173. The number of para-hydroxylation sites is 1. The van der Waals surface area contributed by atoms with Gasteiger partial charge in [0.1, 0.15) is 6.10 Å². The minimum absolute atomic E-state index is 0.0701. The van der Waals surface area contributed by atoms with Crippen molar-refractivity contribution >= 4 is 17.3 Å². The van der Waals surface area contributed by atoms with Crippen LogP contribution >= 0.6 is 11.6 Å². The molecule has 0 heterocycles. The molecule has 0 saturated carbocycles. The highest BCUT2D eigenvalue weighted by Gasteiger charge is 2.10. The second-order valence-electron chi connectivity index (χ2n) is 4.23. The number of ether oxygens (including phenoxy) is 1. The average Bonchev–Trinajstić information content (AvgIpc) is 2.43. The van der Waals surface area contributed by atoms with Gasteiger partial charge in [0, 0.05) is 5.69 Å². The van der Waals surface area contributed by atoms with E-state index in [0.29, 0.717) is 6.54 Å². The van der Waals surface area contributed by atoms with Crippen molar-refractivity contribution in [2.24, 2.45) is 0 Å². The Labute approximate surface area is 117 Å². The van der Waals surface area contributed by atoms with E-state index in [1.165, 1.54) is 6.07 Å². The van der Waals surface area contributed by atoms with E-state index in [2.05, 4.69) is 5.32 Å². The third-order valence-corrected chi connectivity index (χ3v) is 2.90. The number of hydrogen-bond acceptors (Lipinski definition) is 2. The van der Waals surface area contributed by atoms with Crippen LogP contribution in [-0.2, 0) is 0 Å². The molecular formula is C15H15ClFNO. The van der Waals surface area contributed by atoms with Crippen LogP contribution in [0.2, 0.25) is 5.02 Å². The molecule has 0 aliphatic rings. The molecule has 0 saturated heterocycles. The zero-order valence-electron chi connectivity index (χ0n) is 10.6. The van der Waals surface area contributed by atoms with Crippen molar-refractivity contribution in [2.45, 2.75) is 13.0 Å². The first-order chi connectivity index (χ1) is 9.16. The summed E-state index contributed by atoms with van der Waals surface area (Å²) in [6.45, 7) is 2.45. The second-order valence-corrected chi connectivity index (χ2v) is 4.63. The van der Waals surface area contributed by atoms with Crippen LogP contribution in [-0.4, -0.2) is 12.6 Å². The number of benzene rings is 2. The average molecular weight is 280 g/mol. The van der Waals surface area contributed by atoms with Gasteiger partial charge in [0.2, 0.25) is 0 Å². The summed E-state index contributed by atoms with van der Waals surface area (Å²) in [4.78, 5) is 0. The topological polar surface area (TPSA) is 21.3 Å². The molecule has 0 aromatic heterocycles. The maximum Gasteiger partial charge on any atom is 0.183 e. The van der Waals surface area contributed by atoms with Crippen LogP contribution in [0.3, 0.4) is 0 Å². The monoisotopic (exact) mass is 279 g/mol. The Morgan fingerprint density at radius 3 is 2.63 bits per heavy atom. The Morgan fingerprint density at radius 1 is 1.16 bits per heavy atom. The van der Waals surface area contributed by atoms with Crippen molar-refractivity contribution < 1.29 is 9.13 Å². The summed E-state index contributed by atoms with van der Waals surface area (Å²) < 4.78 is 19.2. The normalized spacial score (nSPS) is 11.9. The molecule has 2 aromatic carbocycles. The molecule has 0 spiro atoms. The molecule has 0 radical (unpaired) electrons. The zero-order chi connectivity index (χ0) is 13.7. The number of hydrogen-bond donors (Lipinski definition) is 1. The van der Waals surface area contributed by atoms with E-state index in [0.717, 1.165) is 5.69 Å². The molecule has 2 aromatic rings. The van der Waals surface area contributed by atoms with Crippen molar-refractivity contribution in [1.82, 2.24) is 0 Å². The van der Waals surface area contributed by atoms with E-state index in [1.807, 2.05) is 37.3 Å². The standard InChI is InChI=1S/C15H15ClFNO/c1-11(10-18-12-6-3-2-4-7-12)19-14-9-5-8-13(16)15(14)17/h2-9,11,18H,10H2,1H3. The molecule has 1 unspecified atom stereocenters. The number of anilines is 1. The van der Waals surface area contributed by atoms with E-state index < -0.39 is 5.82 Å². The number of nitrogens with one attached hydrogen (secondary N) is 1. The first-order valence-electron chi connectivity index (χ1n) is 6.06. The molecule has 4 heteroatoms. The lowest BCUT2D eigenvalue weighted by Crippen LogP contribution is -2.23. The van der Waals surface area contributed by atoms with E-state index in [1.54, 1.807) is 12.1 Å². The first-order valence-corrected chi connectivity index (χ1v) is 6.44. The third kappa shape index (κ3) is 3.86. The Morgan fingerprint density at radius 2 is 1.89 bits per heavy atom. The van der Waals surface area contributed by atoms with Gasteiger partial charge in [0.25, 0.3) is 0 Å². The summed E-state index contributed by atoms with van der Waals surface area (Å²) in [5.41, 5.74) is 1.00. The highest BCUT2D eigenvalue weighted by Crippen LogP contribution is 2.24. The highest BCUT2D eigenvalue weighted by molar-refractivity contribution is 6.30. The van der Waals surface area contributed by atoms with E-state index >= 15 is 0 Å². The second kappa shape index (κ2) is 6.43. The Bertz CT molecular complexity index is 533. The minimum atomic E-state index is -0.518. The van der Waals surface area contributed by atoms with Gasteiger partial charge >= 0.3 is 0 Å². The molecule has 19 heavy (non-hydrogen) atoms. The van der Waals surface area contributed by atoms with Crippen LogP contribution in [0, 0.1) is 5.82 Å². The van der Waals surface area contributed by atoms with Gasteiger partial charge in [0.15, 0.2) is 11.6 Å². The number of rotatable bonds is 5. The van der Waals surface area contributed by atoms with Gasteiger partial charge < -0.3 is 10.1 Å². The van der Waals surface area contributed by atoms with Crippen molar-refractivity contribution in [1.29, 1.82) is 0 Å². The summed E-state index contributed by atoms with van der Waals surface area (Å²) in [5, 5.41) is 3.29. The Kier molecular flexibility index (Phi) is 4.63. The quantitative estimate of drug-likeness (QED) is 0.878. The molecule has 0 bridgehead atoms. The smallest absolute Gasteiger partial charge is 0.183 e. The lowest BCUT2D eigenvalue weighted by atomic mass is 10.3. The third-order valence-electron chi connectivity index (χ3n) is 2.61. The number of halogens is 2. The molecule has 1 atom stereocenters. The van der Waals surface area contributed by atoms with Crippen molar-refractivity contribution in [2.75, 3.05) is 11.9 Å². The zero-order valence-corrected chi connectivity index (χ0v) is 11.3. The maximum absolute atomic E-state index is 13.6. The fourth-order valence-corrected chi connectivity index (χ4v) is 1.82. The fraction of sp³-hybridized carbons (Fsp3) is 0.200. The maximum atomic E-state index is 13.6. The molecule has 0 aliphatic carbocycles. The van der Waals surface area contributed by atoms with Crippen LogP contribution in [0.4, 0.5) is 10.1 Å². The molecule has 2 nitrogen and oxygen atoms in total. The lowest BCUT2D eigenvalue weighted by molar-refractivity contribution is 0.224. The summed E-state index contributed by atoms with van der Waals surface area (Å²) in [6, 6.07) is 14.5. The van der Waals surface area contributed by atoms with Gasteiger partial charge in [-0.3, -0.25) is 0 Å². The lowest BCUT2D eigenvalue weighted by Gasteiger charge is -2.16. The van der Waals surface area contributed by atoms with E-state index in [9.17, 15) is 4.39 Å². The molecule has 1 N–H and O–H groups in total. The molecular weight excluding hydrogens is 265 g/mol.